The van der Waals surface area contributed by atoms with Crippen LogP contribution in [-0.4, -0.2) is 64.1 Å². The van der Waals surface area contributed by atoms with Crippen LogP contribution in [0.15, 0.2) is 48.4 Å². The quantitative estimate of drug-likeness (QED) is 0.210. The number of ether oxygens (including phenoxy) is 1. The SMILES string of the molecule is CN(CCCCCCCCN(C)C(=O)O)Cc1c(O)ccc2c1O/C(=C\c1c[nH]c3ccccc13)C2=O. The molecule has 0 saturated heterocycles. The first kappa shape index (κ1) is 26.3. The van der Waals surface area contributed by atoms with E-state index < -0.39 is 6.09 Å². The molecule has 1 aliphatic heterocycles. The number of unbranched alkanes of at least 4 members (excludes halogenated alkanes) is 5. The van der Waals surface area contributed by atoms with Crippen LogP contribution in [0.1, 0.15) is 60.0 Å². The third kappa shape index (κ3) is 6.32. The summed E-state index contributed by atoms with van der Waals surface area (Å²) in [6.07, 6.45) is 8.95. The maximum absolute atomic E-state index is 13.1. The Balaban J connectivity index is 1.30. The van der Waals surface area contributed by atoms with Gasteiger partial charge in [-0.25, -0.2) is 4.79 Å². The van der Waals surface area contributed by atoms with Crippen LogP contribution in [0.4, 0.5) is 4.79 Å². The minimum Gasteiger partial charge on any atom is -0.507 e. The number of aromatic hydroxyl groups is 1. The molecule has 0 spiro atoms. The number of aromatic amines is 1. The van der Waals surface area contributed by atoms with Crippen molar-refractivity contribution >= 4 is 28.9 Å². The molecular weight excluding hydrogens is 470 g/mol. The Morgan fingerprint density at radius 1 is 1.00 bits per heavy atom. The normalized spacial score (nSPS) is 13.9. The van der Waals surface area contributed by atoms with Crippen LogP contribution in [0.5, 0.6) is 11.5 Å². The molecule has 3 N–H and O–H groups in total. The number of phenolic OH excluding ortho intramolecular Hbond substituents is 1. The molecule has 0 radical (unpaired) electrons. The Morgan fingerprint density at radius 3 is 2.46 bits per heavy atom. The van der Waals surface area contributed by atoms with Crippen molar-refractivity contribution in [2.45, 2.75) is 45.1 Å². The van der Waals surface area contributed by atoms with E-state index >= 15 is 0 Å². The Bertz CT molecular complexity index is 1300. The van der Waals surface area contributed by atoms with Crippen molar-refractivity contribution < 1.29 is 24.5 Å². The Labute approximate surface area is 217 Å². The van der Waals surface area contributed by atoms with Gasteiger partial charge in [-0.15, -0.1) is 0 Å². The van der Waals surface area contributed by atoms with Crippen LogP contribution in [0.3, 0.4) is 0 Å². The number of para-hydroxylation sites is 1. The molecule has 8 nitrogen and oxygen atoms in total. The number of carbonyl (C=O) groups is 2. The molecule has 196 valence electrons. The predicted octanol–water partition coefficient (Wildman–Crippen LogP) is 5.87. The van der Waals surface area contributed by atoms with Gasteiger partial charge in [0.15, 0.2) is 5.76 Å². The molecule has 1 amide bonds. The average molecular weight is 506 g/mol. The number of benzene rings is 2. The fourth-order valence-electron chi connectivity index (χ4n) is 4.69. The summed E-state index contributed by atoms with van der Waals surface area (Å²) in [5.74, 6) is 0.634. The van der Waals surface area contributed by atoms with Crippen LogP contribution in [0.2, 0.25) is 0 Å². The van der Waals surface area contributed by atoms with E-state index in [1.165, 1.54) is 4.90 Å². The first-order valence-corrected chi connectivity index (χ1v) is 12.8. The Kier molecular flexibility index (Phi) is 8.50. The van der Waals surface area contributed by atoms with Gasteiger partial charge in [0.25, 0.3) is 0 Å². The molecule has 8 heteroatoms. The zero-order valence-electron chi connectivity index (χ0n) is 21.5. The van der Waals surface area contributed by atoms with Crippen molar-refractivity contribution in [2.75, 3.05) is 27.2 Å². The van der Waals surface area contributed by atoms with E-state index in [2.05, 4.69) is 9.88 Å². The third-order valence-corrected chi connectivity index (χ3v) is 6.86. The van der Waals surface area contributed by atoms with Gasteiger partial charge < -0.3 is 29.7 Å². The second-order valence-electron chi connectivity index (χ2n) is 9.73. The van der Waals surface area contributed by atoms with Crippen molar-refractivity contribution in [1.29, 1.82) is 0 Å². The largest absolute Gasteiger partial charge is 0.507 e. The van der Waals surface area contributed by atoms with Crippen LogP contribution < -0.4 is 4.74 Å². The number of rotatable bonds is 12. The Morgan fingerprint density at radius 2 is 1.70 bits per heavy atom. The molecule has 0 atom stereocenters. The number of amides is 1. The number of ketones is 1. The van der Waals surface area contributed by atoms with Gasteiger partial charge in [0.05, 0.1) is 11.1 Å². The molecule has 0 bridgehead atoms. The van der Waals surface area contributed by atoms with E-state index in [1.807, 2.05) is 37.5 Å². The number of phenols is 1. The minimum absolute atomic E-state index is 0.123. The second-order valence-corrected chi connectivity index (χ2v) is 9.73. The number of nitrogens with one attached hydrogen (secondary N) is 1. The van der Waals surface area contributed by atoms with Gasteiger partial charge in [0, 0.05) is 42.8 Å². The first-order valence-electron chi connectivity index (χ1n) is 12.8. The van der Waals surface area contributed by atoms with Gasteiger partial charge in [-0.1, -0.05) is 43.9 Å². The number of carboxylic acid groups (broad SMARTS) is 1. The fourth-order valence-corrected chi connectivity index (χ4v) is 4.69. The van der Waals surface area contributed by atoms with Gasteiger partial charge in [-0.2, -0.15) is 0 Å². The van der Waals surface area contributed by atoms with Crippen LogP contribution in [0, 0.1) is 0 Å². The van der Waals surface area contributed by atoms with Gasteiger partial charge in [0.2, 0.25) is 5.78 Å². The molecule has 0 fully saturated rings. The molecule has 2 aromatic carbocycles. The second kappa shape index (κ2) is 12.0. The summed E-state index contributed by atoms with van der Waals surface area (Å²) in [6.45, 7) is 1.91. The number of carbonyl (C=O) groups excluding carboxylic acids is 1. The van der Waals surface area contributed by atoms with Gasteiger partial charge in [0.1, 0.15) is 11.5 Å². The van der Waals surface area contributed by atoms with Crippen molar-refractivity contribution in [3.63, 3.8) is 0 Å². The maximum atomic E-state index is 13.1. The van der Waals surface area contributed by atoms with E-state index in [4.69, 9.17) is 9.84 Å². The first-order chi connectivity index (χ1) is 17.8. The van der Waals surface area contributed by atoms with E-state index in [0.29, 0.717) is 30.0 Å². The van der Waals surface area contributed by atoms with Crippen LogP contribution in [0.25, 0.3) is 17.0 Å². The van der Waals surface area contributed by atoms with Crippen LogP contribution >= 0.6 is 0 Å². The number of Topliss-reactive ketones (excluding diaryl/α,β-unsaturated/α-hetero) is 1. The van der Waals surface area contributed by atoms with E-state index in [-0.39, 0.29) is 17.3 Å². The lowest BCUT2D eigenvalue weighted by Gasteiger charge is -2.19. The number of hydrogen-bond acceptors (Lipinski definition) is 5. The third-order valence-electron chi connectivity index (χ3n) is 6.86. The highest BCUT2D eigenvalue weighted by molar-refractivity contribution is 6.15. The van der Waals surface area contributed by atoms with Crippen molar-refractivity contribution in [1.82, 2.24) is 14.8 Å². The molecule has 37 heavy (non-hydrogen) atoms. The van der Waals surface area contributed by atoms with Gasteiger partial charge >= 0.3 is 6.09 Å². The van der Waals surface area contributed by atoms with E-state index in [1.54, 1.807) is 25.3 Å². The molecular formula is C29H35N3O5. The highest BCUT2D eigenvalue weighted by Crippen LogP contribution is 2.40. The molecule has 3 aromatic rings. The highest BCUT2D eigenvalue weighted by atomic mass is 16.5. The average Bonchev–Trinajstić information content (AvgIpc) is 3.43. The lowest BCUT2D eigenvalue weighted by atomic mass is 10.0. The molecule has 1 aliphatic rings. The number of allylic oxidation sites excluding steroid dienone is 1. The minimum atomic E-state index is -0.880. The van der Waals surface area contributed by atoms with E-state index in [9.17, 15) is 14.7 Å². The number of fused-ring (bicyclic) bond motifs is 2. The predicted molar refractivity (Wildman–Crippen MR) is 144 cm³/mol. The van der Waals surface area contributed by atoms with Gasteiger partial charge in [-0.05, 0) is 50.7 Å². The molecule has 2 heterocycles. The summed E-state index contributed by atoms with van der Waals surface area (Å²) in [7, 11) is 3.60. The zero-order valence-corrected chi connectivity index (χ0v) is 21.5. The summed E-state index contributed by atoms with van der Waals surface area (Å²) in [5.41, 5.74) is 2.96. The standard InChI is InChI=1S/C29H35N3O5/c1-31(15-9-5-3-4-6-10-16-32(2)29(35)36)19-23-25(33)14-13-22-27(34)26(37-28(22)23)17-20-18-30-24-12-8-7-11-21(20)24/h7-8,11-14,17-18,30,33H,3-6,9-10,15-16,19H2,1-2H3,(H,35,36)/b26-17-. The molecule has 0 aliphatic carbocycles. The van der Waals surface area contributed by atoms with Crippen molar-refractivity contribution in [3.05, 3.63) is 65.0 Å². The molecule has 0 saturated carbocycles. The summed E-state index contributed by atoms with van der Waals surface area (Å²) >= 11 is 0. The van der Waals surface area contributed by atoms with Crippen LogP contribution in [-0.2, 0) is 6.54 Å². The summed E-state index contributed by atoms with van der Waals surface area (Å²) in [5, 5.41) is 20.5. The topological polar surface area (TPSA) is 106 Å². The Hall–Kier alpha value is -3.78. The van der Waals surface area contributed by atoms with Gasteiger partial charge in [-0.3, -0.25) is 4.79 Å². The number of aromatic nitrogens is 1. The summed E-state index contributed by atoms with van der Waals surface area (Å²) in [4.78, 5) is 30.5. The zero-order chi connectivity index (χ0) is 26.4. The molecule has 1 aromatic heterocycles. The maximum Gasteiger partial charge on any atom is 0.407 e. The summed E-state index contributed by atoms with van der Waals surface area (Å²) in [6, 6.07) is 11.1. The fraction of sp³-hybridized carbons (Fsp3) is 0.379. The molecule has 4 rings (SSSR count). The lowest BCUT2D eigenvalue weighted by molar-refractivity contribution is 0.101. The smallest absolute Gasteiger partial charge is 0.407 e. The number of H-pyrrole nitrogens is 1. The molecule has 0 unspecified atom stereocenters. The summed E-state index contributed by atoms with van der Waals surface area (Å²) < 4.78 is 6.04. The highest BCUT2D eigenvalue weighted by Gasteiger charge is 2.31. The van der Waals surface area contributed by atoms with Crippen molar-refractivity contribution in [3.8, 4) is 11.5 Å². The lowest BCUT2D eigenvalue weighted by Crippen LogP contribution is -2.25. The number of nitrogens with zero attached hydrogens (tertiary/aromatic N) is 2. The van der Waals surface area contributed by atoms with Crippen molar-refractivity contribution in [2.24, 2.45) is 0 Å². The van der Waals surface area contributed by atoms with E-state index in [0.717, 1.165) is 61.5 Å². The number of hydrogen-bond donors (Lipinski definition) is 3. The monoisotopic (exact) mass is 505 g/mol.